The second kappa shape index (κ2) is 8.03. The third kappa shape index (κ3) is 4.43. The van der Waals surface area contributed by atoms with E-state index < -0.39 is 5.97 Å². The molecule has 3 aromatic rings. The normalized spacial score (nSPS) is 10.8. The Kier molecular flexibility index (Phi) is 5.53. The highest BCUT2D eigenvalue weighted by Crippen LogP contribution is 2.21. The van der Waals surface area contributed by atoms with Gasteiger partial charge in [-0.2, -0.15) is 10.2 Å². The molecule has 1 amide bonds. The van der Waals surface area contributed by atoms with E-state index in [4.69, 9.17) is 5.11 Å². The van der Waals surface area contributed by atoms with Gasteiger partial charge in [-0.15, -0.1) is 0 Å². The van der Waals surface area contributed by atoms with Gasteiger partial charge in [-0.1, -0.05) is 12.1 Å². The van der Waals surface area contributed by atoms with E-state index >= 15 is 0 Å². The van der Waals surface area contributed by atoms with Crippen molar-refractivity contribution in [3.8, 4) is 0 Å². The molecule has 0 saturated heterocycles. The molecule has 2 aromatic heterocycles. The minimum atomic E-state index is -0.929. The highest BCUT2D eigenvalue weighted by molar-refractivity contribution is 6.04. The molecule has 8 nitrogen and oxygen atoms in total. The zero-order valence-electron chi connectivity index (χ0n) is 15.5. The van der Waals surface area contributed by atoms with Crippen LogP contribution in [0.1, 0.15) is 33.7 Å². The number of carboxylic acid groups (broad SMARTS) is 1. The predicted octanol–water partition coefficient (Wildman–Crippen LogP) is 2.61. The fourth-order valence-corrected chi connectivity index (χ4v) is 2.79. The molecule has 146 valence electrons. The molecule has 2 N–H and O–H groups in total. The molecule has 0 atom stereocenters. The lowest BCUT2D eigenvalue weighted by atomic mass is 10.2. The van der Waals surface area contributed by atoms with E-state index in [1.165, 1.54) is 29.2 Å². The lowest BCUT2D eigenvalue weighted by molar-refractivity contribution is -0.137. The number of nitrogens with one attached hydrogen (secondary N) is 1. The van der Waals surface area contributed by atoms with E-state index in [1.807, 2.05) is 6.92 Å². The van der Waals surface area contributed by atoms with Crippen molar-refractivity contribution in [3.05, 3.63) is 65.0 Å². The Morgan fingerprint density at radius 3 is 2.61 bits per heavy atom. The minimum absolute atomic E-state index is 0.0723. The molecule has 2 heterocycles. The molecular weight excluding hydrogens is 365 g/mol. The third-order valence-corrected chi connectivity index (χ3v) is 4.32. The van der Waals surface area contributed by atoms with Crippen LogP contribution in [-0.2, 0) is 17.9 Å². The van der Waals surface area contributed by atoms with Gasteiger partial charge >= 0.3 is 5.97 Å². The quantitative estimate of drug-likeness (QED) is 0.651. The molecule has 0 unspecified atom stereocenters. The van der Waals surface area contributed by atoms with Crippen LogP contribution in [0.15, 0.2) is 36.7 Å². The molecule has 3 rings (SSSR count). The molecule has 0 aliphatic rings. The summed E-state index contributed by atoms with van der Waals surface area (Å²) in [5.41, 5.74) is 3.25. The van der Waals surface area contributed by atoms with Crippen LogP contribution < -0.4 is 5.32 Å². The first-order valence-electron chi connectivity index (χ1n) is 8.67. The number of carbonyl (C=O) groups excluding carboxylic acids is 1. The van der Waals surface area contributed by atoms with Gasteiger partial charge in [0, 0.05) is 6.20 Å². The molecule has 1 aromatic carbocycles. The van der Waals surface area contributed by atoms with E-state index in [0.717, 1.165) is 11.3 Å². The van der Waals surface area contributed by atoms with Crippen LogP contribution in [0.2, 0.25) is 0 Å². The summed E-state index contributed by atoms with van der Waals surface area (Å²) in [6, 6.07) is 6.17. The number of halogens is 1. The molecule has 0 fully saturated rings. The Balaban J connectivity index is 1.72. The summed E-state index contributed by atoms with van der Waals surface area (Å²) in [4.78, 5) is 23.1. The second-order valence-corrected chi connectivity index (χ2v) is 6.42. The number of aromatic nitrogens is 4. The maximum Gasteiger partial charge on any atom is 0.305 e. The number of hydrogen-bond acceptors (Lipinski definition) is 4. The number of rotatable bonds is 7. The lowest BCUT2D eigenvalue weighted by Crippen LogP contribution is -2.13. The Bertz CT molecular complexity index is 1010. The number of carboxylic acids is 1. The molecule has 28 heavy (non-hydrogen) atoms. The van der Waals surface area contributed by atoms with Gasteiger partial charge < -0.3 is 10.4 Å². The maximum atomic E-state index is 13.1. The van der Waals surface area contributed by atoms with Crippen LogP contribution in [0, 0.1) is 19.7 Å². The fraction of sp³-hybridized carbons (Fsp3) is 0.263. The molecule has 0 radical (unpaired) electrons. The van der Waals surface area contributed by atoms with Gasteiger partial charge in [0.2, 0.25) is 0 Å². The van der Waals surface area contributed by atoms with E-state index in [0.29, 0.717) is 23.5 Å². The Labute approximate surface area is 160 Å². The van der Waals surface area contributed by atoms with Crippen LogP contribution in [0.3, 0.4) is 0 Å². The van der Waals surface area contributed by atoms with Gasteiger partial charge in [0.05, 0.1) is 48.3 Å². The topological polar surface area (TPSA) is 102 Å². The summed E-state index contributed by atoms with van der Waals surface area (Å²) in [5, 5.41) is 20.0. The smallest absolute Gasteiger partial charge is 0.305 e. The highest BCUT2D eigenvalue weighted by atomic mass is 19.1. The average Bonchev–Trinajstić information content (AvgIpc) is 3.22. The number of amides is 1. The van der Waals surface area contributed by atoms with Crippen LogP contribution in [0.5, 0.6) is 0 Å². The Hall–Kier alpha value is -3.49. The third-order valence-electron chi connectivity index (χ3n) is 4.32. The fourth-order valence-electron chi connectivity index (χ4n) is 2.79. The van der Waals surface area contributed by atoms with Crippen molar-refractivity contribution in [2.75, 3.05) is 5.32 Å². The van der Waals surface area contributed by atoms with Gasteiger partial charge in [0.1, 0.15) is 5.82 Å². The van der Waals surface area contributed by atoms with Crippen molar-refractivity contribution >= 4 is 17.6 Å². The number of nitrogens with zero attached hydrogens (tertiary/aromatic N) is 4. The minimum Gasteiger partial charge on any atom is -0.481 e. The van der Waals surface area contributed by atoms with Crippen molar-refractivity contribution < 1.29 is 19.1 Å². The zero-order chi connectivity index (χ0) is 20.3. The average molecular weight is 385 g/mol. The molecular formula is C19H20FN5O3. The van der Waals surface area contributed by atoms with Crippen LogP contribution in [-0.4, -0.2) is 36.5 Å². The first-order valence-corrected chi connectivity index (χ1v) is 8.67. The maximum absolute atomic E-state index is 13.1. The first kappa shape index (κ1) is 19.3. The van der Waals surface area contributed by atoms with Crippen LogP contribution >= 0.6 is 0 Å². The van der Waals surface area contributed by atoms with Gasteiger partial charge in [-0.3, -0.25) is 19.0 Å². The summed E-state index contributed by atoms with van der Waals surface area (Å²) in [5.74, 6) is -1.58. The van der Waals surface area contributed by atoms with E-state index in [1.54, 1.807) is 23.7 Å². The van der Waals surface area contributed by atoms with Crippen molar-refractivity contribution in [2.24, 2.45) is 0 Å². The first-order chi connectivity index (χ1) is 13.3. The molecule has 0 bridgehead atoms. The number of aryl methyl sites for hydroxylation is 2. The van der Waals surface area contributed by atoms with Crippen molar-refractivity contribution in [1.82, 2.24) is 19.6 Å². The van der Waals surface area contributed by atoms with Gasteiger partial charge in [-0.25, -0.2) is 4.39 Å². The summed E-state index contributed by atoms with van der Waals surface area (Å²) in [6.45, 7) is 4.28. The number of benzene rings is 1. The van der Waals surface area contributed by atoms with Crippen molar-refractivity contribution in [2.45, 2.75) is 33.4 Å². The number of anilines is 1. The van der Waals surface area contributed by atoms with Crippen LogP contribution in [0.4, 0.5) is 10.1 Å². The monoisotopic (exact) mass is 385 g/mol. The summed E-state index contributed by atoms with van der Waals surface area (Å²) < 4.78 is 16.2. The Morgan fingerprint density at radius 1 is 1.21 bits per heavy atom. The van der Waals surface area contributed by atoms with Crippen molar-refractivity contribution in [3.63, 3.8) is 0 Å². The summed E-state index contributed by atoms with van der Waals surface area (Å²) in [6.07, 6.45) is 2.83. The molecule has 0 saturated carbocycles. The van der Waals surface area contributed by atoms with Gasteiger partial charge in [0.25, 0.3) is 5.91 Å². The van der Waals surface area contributed by atoms with Gasteiger partial charge in [0.15, 0.2) is 0 Å². The number of aliphatic carboxylic acids is 1. The van der Waals surface area contributed by atoms with E-state index in [2.05, 4.69) is 15.5 Å². The standard InChI is InChI=1S/C19H20FN5O3/c1-12-18(13(2)25(23-12)10-14-3-5-16(20)6-4-14)22-19(28)15-9-21-24(11-15)8-7-17(26)27/h3-6,9,11H,7-8,10H2,1-2H3,(H,22,28)(H,26,27). The number of hydrogen-bond donors (Lipinski definition) is 2. The zero-order valence-corrected chi connectivity index (χ0v) is 15.5. The van der Waals surface area contributed by atoms with Crippen LogP contribution in [0.25, 0.3) is 0 Å². The predicted molar refractivity (Wildman–Crippen MR) is 99.6 cm³/mol. The largest absolute Gasteiger partial charge is 0.481 e. The molecule has 0 aliphatic carbocycles. The van der Waals surface area contributed by atoms with Crippen molar-refractivity contribution in [1.29, 1.82) is 0 Å². The molecule has 9 heteroatoms. The SMILES string of the molecule is Cc1nn(Cc2ccc(F)cc2)c(C)c1NC(=O)c1cnn(CCC(=O)O)c1. The lowest BCUT2D eigenvalue weighted by Gasteiger charge is -2.07. The second-order valence-electron chi connectivity index (χ2n) is 6.42. The van der Waals surface area contributed by atoms with Gasteiger partial charge in [-0.05, 0) is 31.5 Å². The summed E-state index contributed by atoms with van der Waals surface area (Å²) >= 11 is 0. The van der Waals surface area contributed by atoms with E-state index in [-0.39, 0.29) is 24.7 Å². The Morgan fingerprint density at radius 2 is 1.93 bits per heavy atom. The molecule has 0 aliphatic heterocycles. The van der Waals surface area contributed by atoms with E-state index in [9.17, 15) is 14.0 Å². The molecule has 0 spiro atoms. The highest BCUT2D eigenvalue weighted by Gasteiger charge is 2.17. The number of carbonyl (C=O) groups is 2. The summed E-state index contributed by atoms with van der Waals surface area (Å²) in [7, 11) is 0.